The van der Waals surface area contributed by atoms with Crippen molar-refractivity contribution in [1.29, 1.82) is 0 Å². The third-order valence-corrected chi connectivity index (χ3v) is 9.94. The monoisotopic (exact) mass is 598 g/mol. The van der Waals surface area contributed by atoms with Crippen LogP contribution in [0.15, 0.2) is 53.7 Å². The van der Waals surface area contributed by atoms with Crippen LogP contribution in [-0.2, 0) is 29.0 Å². The van der Waals surface area contributed by atoms with Crippen molar-refractivity contribution in [2.24, 2.45) is 5.92 Å². The number of alkyl halides is 2. The van der Waals surface area contributed by atoms with Gasteiger partial charge in [0.1, 0.15) is 6.04 Å². The summed E-state index contributed by atoms with van der Waals surface area (Å²) in [5.74, 6) is 6.31. The minimum absolute atomic E-state index is 0.0170. The Labute approximate surface area is 242 Å². The Morgan fingerprint density at radius 3 is 2.64 bits per heavy atom. The molecule has 0 saturated carbocycles. The first-order valence-electron chi connectivity index (χ1n) is 13.4. The van der Waals surface area contributed by atoms with Crippen molar-refractivity contribution < 1.29 is 31.8 Å². The molecule has 0 saturated heterocycles. The van der Waals surface area contributed by atoms with Crippen molar-refractivity contribution >= 4 is 15.3 Å². The van der Waals surface area contributed by atoms with E-state index in [-0.39, 0.29) is 46.6 Å². The molecular formula is C30H32F2N4O5S. The molecule has 42 heavy (non-hydrogen) atoms. The smallest absolute Gasteiger partial charge is 0.395 e. The number of benzene rings is 1. The Bertz CT molecular complexity index is 1660. The van der Waals surface area contributed by atoms with E-state index < -0.39 is 15.6 Å². The number of amides is 1. The van der Waals surface area contributed by atoms with E-state index >= 15 is 0 Å². The minimum Gasteiger partial charge on any atom is -0.395 e. The summed E-state index contributed by atoms with van der Waals surface area (Å²) in [6.45, 7) is 6.58. The molecule has 0 fully saturated rings. The van der Waals surface area contributed by atoms with Gasteiger partial charge in [-0.05, 0) is 48.4 Å². The number of nitrogens with one attached hydrogen (secondary N) is 1. The molecular weight excluding hydrogens is 566 g/mol. The summed E-state index contributed by atoms with van der Waals surface area (Å²) in [5.41, 5.74) is 3.22. The minimum atomic E-state index is -3.92. The van der Waals surface area contributed by atoms with Gasteiger partial charge >= 0.3 is 6.29 Å². The van der Waals surface area contributed by atoms with Gasteiger partial charge in [0, 0.05) is 43.4 Å². The second-order valence-electron chi connectivity index (χ2n) is 10.9. The van der Waals surface area contributed by atoms with E-state index in [1.807, 2.05) is 13.8 Å². The van der Waals surface area contributed by atoms with Gasteiger partial charge in [-0.15, -0.1) is 8.78 Å². The van der Waals surface area contributed by atoms with Crippen LogP contribution in [-0.4, -0.2) is 47.8 Å². The largest absolute Gasteiger partial charge is 0.586 e. The highest BCUT2D eigenvalue weighted by Crippen LogP contribution is 2.42. The lowest BCUT2D eigenvalue weighted by Gasteiger charge is -2.37. The van der Waals surface area contributed by atoms with Gasteiger partial charge in [0.05, 0.1) is 28.4 Å². The molecule has 9 nitrogen and oxygen atoms in total. The molecule has 1 amide bonds. The number of hydrogen-bond acceptors (Lipinski definition) is 7. The van der Waals surface area contributed by atoms with Crippen LogP contribution >= 0.6 is 0 Å². The van der Waals surface area contributed by atoms with Gasteiger partial charge in [0.25, 0.3) is 5.91 Å². The number of halogens is 2. The number of carbonyl (C=O) groups is 1. The summed E-state index contributed by atoms with van der Waals surface area (Å²) in [6.07, 6.45) is 0.501. The third kappa shape index (κ3) is 6.28. The zero-order chi connectivity index (χ0) is 30.3. The molecule has 1 aromatic carbocycles. The van der Waals surface area contributed by atoms with Crippen LogP contribution in [0.4, 0.5) is 8.78 Å². The predicted octanol–water partition coefficient (Wildman–Crippen LogP) is 4.75. The molecule has 2 aliphatic rings. The van der Waals surface area contributed by atoms with Gasteiger partial charge in [-0.25, -0.2) is 4.21 Å². The van der Waals surface area contributed by atoms with Crippen LogP contribution in [0.25, 0.3) is 0 Å². The molecule has 2 aliphatic heterocycles. The van der Waals surface area contributed by atoms with E-state index in [0.29, 0.717) is 24.3 Å². The lowest BCUT2D eigenvalue weighted by molar-refractivity contribution is -0.286. The van der Waals surface area contributed by atoms with Gasteiger partial charge in [-0.1, -0.05) is 31.8 Å². The number of ether oxygens (including phenoxy) is 2. The van der Waals surface area contributed by atoms with Crippen LogP contribution in [0.3, 0.4) is 0 Å². The quantitative estimate of drug-likeness (QED) is 0.375. The molecule has 0 aliphatic carbocycles. The summed E-state index contributed by atoms with van der Waals surface area (Å²) in [4.78, 5) is 24.1. The predicted molar refractivity (Wildman–Crippen MR) is 152 cm³/mol. The topological polar surface area (TPSA) is 114 Å². The van der Waals surface area contributed by atoms with E-state index in [2.05, 4.69) is 41.5 Å². The number of fused-ring (bicyclic) bond motifs is 2. The highest BCUT2D eigenvalue weighted by molar-refractivity contribution is 8.14. The maximum absolute atomic E-state index is 13.5. The molecule has 0 radical (unpaired) electrons. The lowest BCUT2D eigenvalue weighted by Crippen LogP contribution is -2.33. The number of hydrogen-bond donors (Lipinski definition) is 2. The van der Waals surface area contributed by atoms with Gasteiger partial charge < -0.3 is 14.8 Å². The van der Waals surface area contributed by atoms with E-state index in [0.717, 1.165) is 16.8 Å². The van der Waals surface area contributed by atoms with Crippen molar-refractivity contribution in [2.75, 3.05) is 12.0 Å². The molecule has 4 heterocycles. The van der Waals surface area contributed by atoms with Crippen molar-refractivity contribution in [2.45, 2.75) is 57.6 Å². The standard InChI is InChI=1S/C30H32F2N4O5S/c1-5-42(4,38,39)24-9-8-23(33-16-24)15-35-29(37)21-13-22-18-36(25(10-6-19(2)3)28(22)34-14-21)17-20-7-11-26-27(12-20)41-30(31,32)40-26/h7-9,11-14,16,19,25H,5,15,17-18H2,1-4H3,(H,35,37)(H,38,39). The zero-order valence-corrected chi connectivity index (χ0v) is 24.5. The van der Waals surface area contributed by atoms with Crippen LogP contribution in [0, 0.1) is 17.8 Å². The highest BCUT2D eigenvalue weighted by atomic mass is 32.3. The maximum Gasteiger partial charge on any atom is 0.586 e. The fraction of sp³-hybridized carbons (Fsp3) is 0.367. The fourth-order valence-corrected chi connectivity index (χ4v) is 5.72. The third-order valence-electron chi connectivity index (χ3n) is 7.13. The van der Waals surface area contributed by atoms with Crippen LogP contribution in [0.1, 0.15) is 59.7 Å². The van der Waals surface area contributed by atoms with Crippen molar-refractivity contribution in [3.05, 3.63) is 76.9 Å². The SMILES string of the molecule is CCS(C)(=O)(O)c1ccc(CNC(=O)c2cnc3c(c2)CN(Cc2ccc4c(c2)OC(F)(F)O4)C3C#CC(C)C)nc1. The van der Waals surface area contributed by atoms with Crippen LogP contribution in [0.5, 0.6) is 11.5 Å². The second kappa shape index (κ2) is 10.7. The summed E-state index contributed by atoms with van der Waals surface area (Å²) < 4.78 is 59.2. The lowest BCUT2D eigenvalue weighted by atomic mass is 10.1. The summed E-state index contributed by atoms with van der Waals surface area (Å²) in [7, 11) is -3.92. The van der Waals surface area contributed by atoms with Gasteiger partial charge in [0.2, 0.25) is 0 Å². The van der Waals surface area contributed by atoms with Crippen molar-refractivity contribution in [3.63, 3.8) is 0 Å². The average molecular weight is 599 g/mol. The van der Waals surface area contributed by atoms with Crippen LogP contribution < -0.4 is 14.8 Å². The highest BCUT2D eigenvalue weighted by Gasteiger charge is 2.43. The van der Waals surface area contributed by atoms with Crippen molar-refractivity contribution in [3.8, 4) is 23.3 Å². The first kappa shape index (κ1) is 29.6. The number of aromatic nitrogens is 2. The second-order valence-corrected chi connectivity index (χ2v) is 14.9. The van der Waals surface area contributed by atoms with Gasteiger partial charge in [-0.3, -0.25) is 24.2 Å². The number of nitrogens with zero attached hydrogens (tertiary/aromatic N) is 3. The van der Waals surface area contributed by atoms with E-state index in [1.54, 1.807) is 31.2 Å². The molecule has 12 heteroatoms. The Morgan fingerprint density at radius 1 is 1.19 bits per heavy atom. The summed E-state index contributed by atoms with van der Waals surface area (Å²) in [6, 6.07) is 9.30. The van der Waals surface area contributed by atoms with E-state index in [1.165, 1.54) is 30.8 Å². The Morgan fingerprint density at radius 2 is 1.95 bits per heavy atom. The molecule has 1 atom stereocenters. The number of carbonyl (C=O) groups excluding carboxylic acids is 1. The molecule has 222 valence electrons. The summed E-state index contributed by atoms with van der Waals surface area (Å²) >= 11 is 0. The molecule has 3 aromatic rings. The first-order chi connectivity index (χ1) is 19.7. The molecule has 2 aromatic heterocycles. The molecule has 0 bridgehead atoms. The van der Waals surface area contributed by atoms with Crippen LogP contribution in [0.2, 0.25) is 0 Å². The van der Waals surface area contributed by atoms with Gasteiger partial charge in [-0.2, -0.15) is 9.35 Å². The van der Waals surface area contributed by atoms with Gasteiger partial charge in [0.15, 0.2) is 11.5 Å². The number of rotatable bonds is 7. The Hall–Kier alpha value is -3.92. The molecule has 2 N–H and O–H groups in total. The first-order valence-corrected chi connectivity index (χ1v) is 15.9. The fourth-order valence-electron chi connectivity index (χ4n) is 4.64. The summed E-state index contributed by atoms with van der Waals surface area (Å²) in [5, 5.41) is 2.82. The molecule has 0 spiro atoms. The molecule has 5 rings (SSSR count). The van der Waals surface area contributed by atoms with E-state index in [4.69, 9.17) is 0 Å². The maximum atomic E-state index is 13.5. The normalized spacial score (nSPS) is 18.1. The number of pyridine rings is 2. The van der Waals surface area contributed by atoms with E-state index in [9.17, 15) is 22.3 Å². The zero-order valence-electron chi connectivity index (χ0n) is 23.7. The average Bonchev–Trinajstić information content (AvgIpc) is 3.44. The Balaban J connectivity index is 1.30. The molecule has 1 unspecified atom stereocenters. The Kier molecular flexibility index (Phi) is 7.55. The van der Waals surface area contributed by atoms with Crippen molar-refractivity contribution in [1.82, 2.24) is 20.2 Å².